The third kappa shape index (κ3) is 3.86. The number of methoxy groups -OCH3 is 1. The number of carbonyl (C=O) groups is 2. The molecular weight excluding hydrogens is 410 g/mol. The lowest BCUT2D eigenvalue weighted by molar-refractivity contribution is -0.140. The molecule has 0 bridgehead atoms. The van der Waals surface area contributed by atoms with Crippen molar-refractivity contribution in [1.29, 1.82) is 5.26 Å². The second-order valence-corrected chi connectivity index (χ2v) is 8.07. The van der Waals surface area contributed by atoms with E-state index in [-0.39, 0.29) is 30.3 Å². The van der Waals surface area contributed by atoms with Gasteiger partial charge in [0.15, 0.2) is 0 Å². The van der Waals surface area contributed by atoms with Gasteiger partial charge in [0.05, 0.1) is 19.2 Å². The molecular formula is C24H19N3O3S. The van der Waals surface area contributed by atoms with Crippen LogP contribution in [-0.2, 0) is 9.53 Å². The van der Waals surface area contributed by atoms with Crippen molar-refractivity contribution >= 4 is 45.7 Å². The molecule has 0 saturated heterocycles. The Bertz CT molecular complexity index is 1270. The summed E-state index contributed by atoms with van der Waals surface area (Å²) in [5, 5.41) is 14.5. The fourth-order valence-electron chi connectivity index (χ4n) is 3.59. The Morgan fingerprint density at radius 2 is 1.90 bits per heavy atom. The maximum Gasteiger partial charge on any atom is 0.307 e. The molecule has 1 aliphatic carbocycles. The summed E-state index contributed by atoms with van der Waals surface area (Å²) >= 11 is 1.58. The highest BCUT2D eigenvalue weighted by atomic mass is 32.2. The largest absolute Gasteiger partial charge is 0.469 e. The number of ether oxygens (including phenoxy) is 1. The number of nitrogens with two attached hydrogens (primary N) is 1. The van der Waals surface area contributed by atoms with Gasteiger partial charge in [0.25, 0.3) is 0 Å². The molecule has 3 aromatic carbocycles. The molecule has 1 aliphatic rings. The van der Waals surface area contributed by atoms with Gasteiger partial charge in [-0.3, -0.25) is 9.59 Å². The first-order chi connectivity index (χ1) is 15.0. The standard InChI is InChI=1S/C24H19N3O3S/c1-30-21(28)11-12-27-23-17-9-10-20(31-15-7-5-14(26)6-8-15)16-3-2-4-18(22(16)17)24(29)19(23)13-25/h2-10,27H,11-12,26H2,1H3. The molecule has 0 saturated carbocycles. The SMILES string of the molecule is COC(=O)CCNC1=C(C#N)C(=O)c2cccc3c(Sc4ccc(N)cc4)ccc1c23. The number of Topliss-reactive ketones (excluding diaryl/α,β-unsaturated/α-hetero) is 1. The predicted molar refractivity (Wildman–Crippen MR) is 120 cm³/mol. The Morgan fingerprint density at radius 3 is 2.61 bits per heavy atom. The van der Waals surface area contributed by atoms with Crippen LogP contribution in [0.5, 0.6) is 0 Å². The summed E-state index contributed by atoms with van der Waals surface area (Å²) in [7, 11) is 1.32. The highest BCUT2D eigenvalue weighted by molar-refractivity contribution is 7.99. The van der Waals surface area contributed by atoms with Gasteiger partial charge >= 0.3 is 5.97 Å². The molecule has 0 spiro atoms. The van der Waals surface area contributed by atoms with E-state index in [9.17, 15) is 14.9 Å². The van der Waals surface area contributed by atoms with Gasteiger partial charge in [0, 0.05) is 38.5 Å². The molecule has 3 N–H and O–H groups in total. The molecule has 7 heteroatoms. The first-order valence-corrected chi connectivity index (χ1v) is 10.4. The zero-order valence-electron chi connectivity index (χ0n) is 16.8. The zero-order chi connectivity index (χ0) is 22.0. The Kier molecular flexibility index (Phi) is 5.65. The molecule has 154 valence electrons. The number of hydrogen-bond donors (Lipinski definition) is 2. The number of nitriles is 1. The van der Waals surface area contributed by atoms with E-state index < -0.39 is 0 Å². The first kappa shape index (κ1) is 20.5. The molecule has 0 atom stereocenters. The van der Waals surface area contributed by atoms with Crippen LogP contribution < -0.4 is 11.1 Å². The van der Waals surface area contributed by atoms with Crippen molar-refractivity contribution in [2.45, 2.75) is 16.2 Å². The highest BCUT2D eigenvalue weighted by Crippen LogP contribution is 2.41. The Morgan fingerprint density at radius 1 is 1.13 bits per heavy atom. The number of allylic oxidation sites excluding steroid dienone is 1. The summed E-state index contributed by atoms with van der Waals surface area (Å²) in [6.07, 6.45) is 0.128. The second kappa shape index (κ2) is 8.54. The lowest BCUT2D eigenvalue weighted by atomic mass is 9.86. The molecule has 0 fully saturated rings. The van der Waals surface area contributed by atoms with Crippen molar-refractivity contribution < 1.29 is 14.3 Å². The average molecular weight is 430 g/mol. The molecule has 0 amide bonds. The topological polar surface area (TPSA) is 105 Å². The van der Waals surface area contributed by atoms with E-state index in [1.807, 2.05) is 54.6 Å². The van der Waals surface area contributed by atoms with Crippen molar-refractivity contribution in [1.82, 2.24) is 5.32 Å². The van der Waals surface area contributed by atoms with Crippen molar-refractivity contribution in [3.63, 3.8) is 0 Å². The lowest BCUT2D eigenvalue weighted by Crippen LogP contribution is -2.24. The minimum Gasteiger partial charge on any atom is -0.469 e. The molecule has 3 aromatic rings. The van der Waals surface area contributed by atoms with Gasteiger partial charge in [-0.2, -0.15) is 5.26 Å². The molecule has 0 unspecified atom stereocenters. The fourth-order valence-corrected chi connectivity index (χ4v) is 4.54. The number of rotatable bonds is 6. The minimum atomic E-state index is -0.366. The van der Waals surface area contributed by atoms with Gasteiger partial charge in [-0.25, -0.2) is 0 Å². The number of nitrogen functional groups attached to an aromatic ring is 1. The summed E-state index contributed by atoms with van der Waals surface area (Å²) < 4.78 is 4.67. The average Bonchev–Trinajstić information content (AvgIpc) is 2.79. The van der Waals surface area contributed by atoms with E-state index in [4.69, 9.17) is 5.73 Å². The maximum absolute atomic E-state index is 13.1. The van der Waals surface area contributed by atoms with Crippen molar-refractivity contribution in [2.24, 2.45) is 0 Å². The lowest BCUT2D eigenvalue weighted by Gasteiger charge is -2.22. The molecule has 4 rings (SSSR count). The zero-order valence-corrected chi connectivity index (χ0v) is 17.6. The van der Waals surface area contributed by atoms with E-state index in [0.717, 1.165) is 26.1 Å². The second-order valence-electron chi connectivity index (χ2n) is 6.95. The fraction of sp³-hybridized carbons (Fsp3) is 0.125. The van der Waals surface area contributed by atoms with Crippen LogP contribution >= 0.6 is 11.8 Å². The van der Waals surface area contributed by atoms with Crippen molar-refractivity contribution in [2.75, 3.05) is 19.4 Å². The third-order valence-electron chi connectivity index (χ3n) is 5.07. The third-order valence-corrected chi connectivity index (χ3v) is 6.15. The van der Waals surface area contributed by atoms with Crippen LogP contribution in [0.25, 0.3) is 16.5 Å². The first-order valence-electron chi connectivity index (χ1n) is 9.62. The van der Waals surface area contributed by atoms with E-state index in [0.29, 0.717) is 16.9 Å². The Hall–Kier alpha value is -3.76. The predicted octanol–water partition coefficient (Wildman–Crippen LogP) is 4.16. The smallest absolute Gasteiger partial charge is 0.307 e. The van der Waals surface area contributed by atoms with Gasteiger partial charge in [-0.1, -0.05) is 36.0 Å². The maximum atomic E-state index is 13.1. The molecule has 6 nitrogen and oxygen atoms in total. The van der Waals surface area contributed by atoms with Crippen LogP contribution in [0.1, 0.15) is 22.3 Å². The van der Waals surface area contributed by atoms with Crippen LogP contribution in [0.3, 0.4) is 0 Å². The minimum absolute atomic E-state index is 0.0452. The van der Waals surface area contributed by atoms with Crippen LogP contribution in [0.4, 0.5) is 5.69 Å². The van der Waals surface area contributed by atoms with Crippen LogP contribution in [-0.4, -0.2) is 25.4 Å². The van der Waals surface area contributed by atoms with Gasteiger partial charge in [0.2, 0.25) is 5.78 Å². The molecule has 31 heavy (non-hydrogen) atoms. The molecule has 0 heterocycles. The number of benzene rings is 3. The quantitative estimate of drug-likeness (QED) is 0.448. The Balaban J connectivity index is 1.79. The molecule has 0 aliphatic heterocycles. The number of ketones is 1. The van der Waals surface area contributed by atoms with Crippen molar-refractivity contribution in [3.05, 3.63) is 71.3 Å². The van der Waals surface area contributed by atoms with Crippen LogP contribution in [0, 0.1) is 11.3 Å². The molecule has 0 radical (unpaired) electrons. The van der Waals surface area contributed by atoms with Gasteiger partial charge in [-0.05, 0) is 35.7 Å². The van der Waals surface area contributed by atoms with E-state index in [1.165, 1.54) is 7.11 Å². The highest BCUT2D eigenvalue weighted by Gasteiger charge is 2.28. The Labute approximate surface area is 183 Å². The van der Waals surface area contributed by atoms with Gasteiger partial charge < -0.3 is 15.8 Å². The summed E-state index contributed by atoms with van der Waals surface area (Å²) in [4.78, 5) is 26.6. The monoisotopic (exact) mass is 429 g/mol. The van der Waals surface area contributed by atoms with Gasteiger partial charge in [0.1, 0.15) is 11.6 Å². The van der Waals surface area contributed by atoms with E-state index in [1.54, 1.807) is 17.8 Å². The summed E-state index contributed by atoms with van der Waals surface area (Å²) in [6, 6.07) is 19.1. The summed E-state index contributed by atoms with van der Waals surface area (Å²) in [5.74, 6) is -0.690. The number of hydrogen-bond acceptors (Lipinski definition) is 7. The summed E-state index contributed by atoms with van der Waals surface area (Å²) in [6.45, 7) is 0.256. The van der Waals surface area contributed by atoms with Gasteiger partial charge in [-0.15, -0.1) is 0 Å². The number of nitrogens with zero attached hydrogens (tertiary/aromatic N) is 1. The number of anilines is 1. The normalized spacial score (nSPS) is 12.6. The van der Waals surface area contributed by atoms with Crippen LogP contribution in [0.15, 0.2) is 70.0 Å². The van der Waals surface area contributed by atoms with E-state index in [2.05, 4.69) is 10.1 Å². The number of carbonyl (C=O) groups excluding carboxylic acids is 2. The van der Waals surface area contributed by atoms with E-state index >= 15 is 0 Å². The molecule has 0 aromatic heterocycles. The number of nitrogens with one attached hydrogen (secondary N) is 1. The summed E-state index contributed by atoms with van der Waals surface area (Å²) in [5.41, 5.74) is 8.25. The van der Waals surface area contributed by atoms with Crippen molar-refractivity contribution in [3.8, 4) is 6.07 Å². The van der Waals surface area contributed by atoms with Crippen LogP contribution in [0.2, 0.25) is 0 Å². The number of esters is 1.